The van der Waals surface area contributed by atoms with Crippen molar-refractivity contribution in [2.45, 2.75) is 33.3 Å². The highest BCUT2D eigenvalue weighted by molar-refractivity contribution is 6.02. The molecule has 124 valence electrons. The van der Waals surface area contributed by atoms with Gasteiger partial charge in [-0.1, -0.05) is 12.1 Å². The Balaban J connectivity index is 3.19. The van der Waals surface area contributed by atoms with Gasteiger partial charge in [-0.25, -0.2) is 9.59 Å². The number of carbonyl (C=O) groups excluding carboxylic acids is 2. The molecule has 0 bridgehead atoms. The van der Waals surface area contributed by atoms with Gasteiger partial charge in [0.05, 0.1) is 13.7 Å². The lowest BCUT2D eigenvalue weighted by Gasteiger charge is -2.20. The van der Waals surface area contributed by atoms with Crippen LogP contribution in [0.4, 0.5) is 0 Å². The first-order chi connectivity index (χ1) is 10.8. The van der Waals surface area contributed by atoms with E-state index in [0.29, 0.717) is 12.4 Å². The average Bonchev–Trinajstić information content (AvgIpc) is 2.46. The minimum Gasteiger partial charge on any atom is -0.497 e. The third-order valence-corrected chi connectivity index (χ3v) is 2.64. The predicted molar refractivity (Wildman–Crippen MR) is 87.6 cm³/mol. The van der Waals surface area contributed by atoms with Gasteiger partial charge < -0.3 is 14.2 Å². The molecule has 0 saturated carbocycles. The topological polar surface area (TPSA) is 61.8 Å². The molecule has 5 heteroatoms. The predicted octanol–water partition coefficient (Wildman–Crippen LogP) is 3.17. The average molecular weight is 318 g/mol. The van der Waals surface area contributed by atoms with Gasteiger partial charge in [0.15, 0.2) is 5.57 Å². The van der Waals surface area contributed by atoms with E-state index in [4.69, 9.17) is 14.2 Å². The maximum absolute atomic E-state index is 12.2. The van der Waals surface area contributed by atoms with Crippen LogP contribution >= 0.6 is 0 Å². The Labute approximate surface area is 136 Å². The molecule has 1 aromatic carbocycles. The van der Waals surface area contributed by atoms with Crippen LogP contribution in [0.15, 0.2) is 35.6 Å². The van der Waals surface area contributed by atoms with Crippen LogP contribution in [0.25, 0.3) is 6.08 Å². The second kappa shape index (κ2) is 8.20. The fourth-order valence-corrected chi connectivity index (χ4v) is 1.75. The second-order valence-electron chi connectivity index (χ2n) is 5.70. The van der Waals surface area contributed by atoms with E-state index in [1.807, 2.05) is 0 Å². The molecule has 0 aliphatic rings. The molecule has 0 fully saturated rings. The summed E-state index contributed by atoms with van der Waals surface area (Å²) in [4.78, 5) is 23.4. The summed E-state index contributed by atoms with van der Waals surface area (Å²) in [5, 5.41) is 0. The third-order valence-electron chi connectivity index (χ3n) is 2.64. The zero-order chi connectivity index (χ0) is 17.5. The van der Waals surface area contributed by atoms with Crippen LogP contribution in [0, 0.1) is 0 Å². The standard InChI is InChI=1S/C18H22O5/c1-6-22-16(11-13-8-7-9-14(10-13)21-5)15(12-19)17(20)23-18(2,3)4/h7-11H,6H2,1-5H3/b16-11+. The minimum atomic E-state index is -0.768. The fourth-order valence-electron chi connectivity index (χ4n) is 1.75. The molecular formula is C18H22O5. The van der Waals surface area contributed by atoms with Crippen LogP contribution in [-0.2, 0) is 19.1 Å². The van der Waals surface area contributed by atoms with Crippen molar-refractivity contribution in [1.29, 1.82) is 0 Å². The molecule has 0 spiro atoms. The smallest absolute Gasteiger partial charge is 0.353 e. The number of methoxy groups -OCH3 is 1. The Kier molecular flexibility index (Phi) is 6.61. The van der Waals surface area contributed by atoms with Crippen molar-refractivity contribution in [2.75, 3.05) is 13.7 Å². The highest BCUT2D eigenvalue weighted by atomic mass is 16.6. The maximum atomic E-state index is 12.2. The van der Waals surface area contributed by atoms with Crippen molar-refractivity contribution < 1.29 is 23.8 Å². The van der Waals surface area contributed by atoms with E-state index in [0.717, 1.165) is 5.56 Å². The highest BCUT2D eigenvalue weighted by Crippen LogP contribution is 2.21. The van der Waals surface area contributed by atoms with Crippen LogP contribution in [0.5, 0.6) is 5.75 Å². The number of benzene rings is 1. The van der Waals surface area contributed by atoms with Crippen molar-refractivity contribution in [2.24, 2.45) is 0 Å². The summed E-state index contributed by atoms with van der Waals surface area (Å²) in [7, 11) is 1.56. The zero-order valence-electron chi connectivity index (χ0n) is 14.1. The molecule has 0 saturated heterocycles. The molecule has 0 aliphatic carbocycles. The summed E-state index contributed by atoms with van der Waals surface area (Å²) in [5.74, 6) is 1.63. The molecule has 0 amide bonds. The van der Waals surface area contributed by atoms with E-state index in [1.54, 1.807) is 71.1 Å². The Morgan fingerprint density at radius 2 is 2.00 bits per heavy atom. The summed E-state index contributed by atoms with van der Waals surface area (Å²) in [5.41, 5.74) is -0.263. The van der Waals surface area contributed by atoms with Gasteiger partial charge >= 0.3 is 5.97 Å². The van der Waals surface area contributed by atoms with Gasteiger partial charge in [-0.15, -0.1) is 0 Å². The minimum absolute atomic E-state index is 0.116. The molecular weight excluding hydrogens is 296 g/mol. The maximum Gasteiger partial charge on any atom is 0.353 e. The van der Waals surface area contributed by atoms with Gasteiger partial charge in [0.25, 0.3) is 0 Å². The second-order valence-corrected chi connectivity index (χ2v) is 5.70. The normalized spacial score (nSPS) is 11.4. The van der Waals surface area contributed by atoms with Crippen LogP contribution in [0.3, 0.4) is 0 Å². The van der Waals surface area contributed by atoms with Gasteiger partial charge in [0.1, 0.15) is 23.1 Å². The van der Waals surface area contributed by atoms with Gasteiger partial charge in [-0.2, -0.15) is 0 Å². The molecule has 0 N–H and O–H groups in total. The number of hydrogen-bond acceptors (Lipinski definition) is 5. The van der Waals surface area contributed by atoms with Crippen LogP contribution in [-0.4, -0.2) is 31.2 Å². The Hall–Kier alpha value is -2.52. The molecule has 0 radical (unpaired) electrons. The SMILES string of the molecule is CCO/C(=C/c1cccc(OC)c1)C(=C=O)C(=O)OC(C)(C)C. The van der Waals surface area contributed by atoms with Crippen molar-refractivity contribution in [3.8, 4) is 5.75 Å². The molecule has 1 aromatic rings. The molecule has 5 nitrogen and oxygen atoms in total. The number of esters is 1. The van der Waals surface area contributed by atoms with Crippen LogP contribution in [0.2, 0.25) is 0 Å². The highest BCUT2D eigenvalue weighted by Gasteiger charge is 2.24. The molecule has 0 aliphatic heterocycles. The Morgan fingerprint density at radius 1 is 1.30 bits per heavy atom. The number of rotatable bonds is 6. The molecule has 1 rings (SSSR count). The first kappa shape index (κ1) is 18.5. The van der Waals surface area contributed by atoms with Gasteiger partial charge in [0, 0.05) is 0 Å². The molecule has 0 atom stereocenters. The van der Waals surface area contributed by atoms with Crippen molar-refractivity contribution in [3.05, 3.63) is 41.2 Å². The summed E-state index contributed by atoms with van der Waals surface area (Å²) >= 11 is 0. The van der Waals surface area contributed by atoms with Crippen LogP contribution in [0.1, 0.15) is 33.3 Å². The van der Waals surface area contributed by atoms with Gasteiger partial charge in [-0.05, 0) is 51.5 Å². The van der Waals surface area contributed by atoms with E-state index in [-0.39, 0.29) is 11.3 Å². The van der Waals surface area contributed by atoms with E-state index in [2.05, 4.69) is 0 Å². The van der Waals surface area contributed by atoms with Gasteiger partial charge in [0.2, 0.25) is 0 Å². The summed E-state index contributed by atoms with van der Waals surface area (Å²) < 4.78 is 15.8. The van der Waals surface area contributed by atoms with E-state index >= 15 is 0 Å². The summed E-state index contributed by atoms with van der Waals surface area (Å²) in [6.45, 7) is 7.22. The number of ether oxygens (including phenoxy) is 3. The lowest BCUT2D eigenvalue weighted by atomic mass is 10.1. The van der Waals surface area contributed by atoms with Crippen molar-refractivity contribution in [1.82, 2.24) is 0 Å². The van der Waals surface area contributed by atoms with Crippen molar-refractivity contribution >= 4 is 18.0 Å². The molecule has 0 aromatic heterocycles. The molecule has 23 heavy (non-hydrogen) atoms. The van der Waals surface area contributed by atoms with Crippen LogP contribution < -0.4 is 4.74 Å². The lowest BCUT2D eigenvalue weighted by molar-refractivity contribution is -0.149. The molecule has 0 unspecified atom stereocenters. The number of hydrogen-bond donors (Lipinski definition) is 0. The lowest BCUT2D eigenvalue weighted by Crippen LogP contribution is -2.26. The quantitative estimate of drug-likeness (QED) is 0.265. The largest absolute Gasteiger partial charge is 0.497 e. The van der Waals surface area contributed by atoms with Crippen molar-refractivity contribution in [3.63, 3.8) is 0 Å². The first-order valence-corrected chi connectivity index (χ1v) is 7.28. The first-order valence-electron chi connectivity index (χ1n) is 7.28. The molecule has 0 heterocycles. The summed E-state index contributed by atoms with van der Waals surface area (Å²) in [6, 6.07) is 7.16. The number of carbonyl (C=O) groups is 1. The fraction of sp³-hybridized carbons (Fsp3) is 0.389. The Bertz CT molecular complexity index is 631. The Morgan fingerprint density at radius 3 is 2.52 bits per heavy atom. The van der Waals surface area contributed by atoms with Gasteiger partial charge in [-0.3, -0.25) is 0 Å². The monoisotopic (exact) mass is 318 g/mol. The van der Waals surface area contributed by atoms with E-state index in [1.165, 1.54) is 0 Å². The van der Waals surface area contributed by atoms with E-state index < -0.39 is 11.6 Å². The zero-order valence-corrected chi connectivity index (χ0v) is 14.1. The van der Waals surface area contributed by atoms with E-state index in [9.17, 15) is 9.59 Å². The third kappa shape index (κ3) is 6.01. The summed E-state index contributed by atoms with van der Waals surface area (Å²) in [6.07, 6.45) is 1.58.